The second kappa shape index (κ2) is 18.0. The molecule has 55 heavy (non-hydrogen) atoms. The van der Waals surface area contributed by atoms with Gasteiger partial charge in [0.05, 0.1) is 17.9 Å². The molecule has 0 aliphatic rings. The average Bonchev–Trinajstić information content (AvgIpc) is 3.61. The second-order valence-corrected chi connectivity index (χ2v) is 11.0. The molecule has 1 amide bonds. The molecule has 1 atom stereocenters. The third-order valence-corrected chi connectivity index (χ3v) is 7.35. The van der Waals surface area contributed by atoms with Gasteiger partial charge in [-0.3, -0.25) is 4.79 Å². The number of nitrogen functional groups attached to an aromatic ring is 1. The lowest BCUT2D eigenvalue weighted by molar-refractivity contribution is -0.193. The van der Waals surface area contributed by atoms with E-state index in [0.29, 0.717) is 47.2 Å². The number of amides is 1. The standard InChI is InChI=1S/C31H30F2N6O2.2C2HF3O2/c1-4-17-13-22(27(33)25(14-17)41-5-2)28(38-19-9-10-20-18(15-19)11-12-36-29(20)34)30-37-16-24(39-30)21-7-6-8-23(32)26(21)31(40)35-3;2*3-2(4,5)1(6)7/h6-16,28,38H,4-5H2,1-3H3,(H2,34,36)(H,35,40)(H,37,39);2*(H,6,7). The minimum Gasteiger partial charge on any atom is -0.491 e. The molecule has 5 rings (SSSR count). The van der Waals surface area contributed by atoms with Crippen molar-refractivity contribution in [3.05, 3.63) is 101 Å². The number of imidazole rings is 1. The fourth-order valence-corrected chi connectivity index (χ4v) is 4.82. The normalized spacial score (nSPS) is 11.7. The highest BCUT2D eigenvalue weighted by Gasteiger charge is 2.39. The molecular weight excluding hydrogens is 752 g/mol. The number of aromatic nitrogens is 3. The van der Waals surface area contributed by atoms with Crippen molar-refractivity contribution in [2.24, 2.45) is 0 Å². The molecule has 0 saturated heterocycles. The van der Waals surface area contributed by atoms with E-state index in [-0.39, 0.29) is 11.3 Å². The Bertz CT molecular complexity index is 2130. The summed E-state index contributed by atoms with van der Waals surface area (Å²) in [6.45, 7) is 4.08. The highest BCUT2D eigenvalue weighted by Crippen LogP contribution is 2.35. The first-order valence-corrected chi connectivity index (χ1v) is 15.8. The minimum atomic E-state index is -5.08. The SMILES string of the molecule is CCOc1cc(CC)cc(C(Nc2ccc3c(N)nccc3c2)c2nc(-c3cccc(F)c3C(=O)NC)c[nH]2)c1F.O=C(O)C(F)(F)F.O=C(O)C(F)(F)F. The first-order valence-electron chi connectivity index (χ1n) is 15.8. The predicted octanol–water partition coefficient (Wildman–Crippen LogP) is 7.27. The number of anilines is 2. The second-order valence-electron chi connectivity index (χ2n) is 11.0. The Balaban J connectivity index is 0.000000494. The monoisotopic (exact) mass is 784 g/mol. The molecule has 0 saturated carbocycles. The van der Waals surface area contributed by atoms with Crippen LogP contribution in [0.1, 0.15) is 47.2 Å². The fourth-order valence-electron chi connectivity index (χ4n) is 4.82. The smallest absolute Gasteiger partial charge is 0.490 e. The van der Waals surface area contributed by atoms with E-state index in [4.69, 9.17) is 35.3 Å². The number of carbonyl (C=O) groups excluding carboxylic acids is 1. The summed E-state index contributed by atoms with van der Waals surface area (Å²) in [6, 6.07) is 14.4. The maximum Gasteiger partial charge on any atom is 0.490 e. The molecule has 294 valence electrons. The van der Waals surface area contributed by atoms with E-state index in [1.54, 1.807) is 37.5 Å². The number of benzene rings is 3. The van der Waals surface area contributed by atoms with E-state index in [1.807, 2.05) is 31.2 Å². The number of carboxylic acid groups (broad SMARTS) is 2. The zero-order chi connectivity index (χ0) is 41.2. The van der Waals surface area contributed by atoms with Crippen LogP contribution in [0.25, 0.3) is 22.0 Å². The van der Waals surface area contributed by atoms with Crippen molar-refractivity contribution in [3.8, 4) is 17.0 Å². The van der Waals surface area contributed by atoms with E-state index < -0.39 is 47.9 Å². The molecule has 12 nitrogen and oxygen atoms in total. The topological polar surface area (TPSA) is 193 Å². The van der Waals surface area contributed by atoms with Gasteiger partial charge >= 0.3 is 24.3 Å². The Morgan fingerprint density at radius 1 is 0.945 bits per heavy atom. The molecule has 7 N–H and O–H groups in total. The van der Waals surface area contributed by atoms with Gasteiger partial charge in [-0.15, -0.1) is 0 Å². The van der Waals surface area contributed by atoms with Gasteiger partial charge in [0.25, 0.3) is 5.91 Å². The van der Waals surface area contributed by atoms with Crippen molar-refractivity contribution in [3.63, 3.8) is 0 Å². The number of aromatic amines is 1. The van der Waals surface area contributed by atoms with Gasteiger partial charge < -0.3 is 36.3 Å². The van der Waals surface area contributed by atoms with Gasteiger partial charge in [0, 0.05) is 41.6 Å². The van der Waals surface area contributed by atoms with Crippen molar-refractivity contribution in [1.82, 2.24) is 20.3 Å². The third kappa shape index (κ3) is 11.0. The number of ether oxygens (including phenoxy) is 1. The maximum absolute atomic E-state index is 16.0. The Labute approximate surface area is 306 Å². The summed E-state index contributed by atoms with van der Waals surface area (Å²) in [5.74, 6) is -6.38. The maximum atomic E-state index is 16.0. The predicted molar refractivity (Wildman–Crippen MR) is 183 cm³/mol. The van der Waals surface area contributed by atoms with E-state index >= 15 is 4.39 Å². The zero-order valence-electron chi connectivity index (χ0n) is 28.9. The van der Waals surface area contributed by atoms with Crippen molar-refractivity contribution < 1.29 is 64.5 Å². The lowest BCUT2D eigenvalue weighted by Gasteiger charge is -2.22. The lowest BCUT2D eigenvalue weighted by atomic mass is 9.99. The number of aryl methyl sites for hydroxylation is 1. The largest absolute Gasteiger partial charge is 0.491 e. The highest BCUT2D eigenvalue weighted by atomic mass is 19.4. The quantitative estimate of drug-likeness (QED) is 0.0829. The first kappa shape index (κ1) is 42.9. The number of aliphatic carboxylic acids is 2. The number of fused-ring (bicyclic) bond motifs is 1. The number of hydrogen-bond donors (Lipinski definition) is 6. The van der Waals surface area contributed by atoms with Gasteiger partial charge in [-0.25, -0.2) is 28.3 Å². The molecule has 0 aliphatic carbocycles. The summed E-state index contributed by atoms with van der Waals surface area (Å²) in [5, 5.41) is 21.8. The highest BCUT2D eigenvalue weighted by molar-refractivity contribution is 6.00. The first-order chi connectivity index (χ1) is 25.7. The van der Waals surface area contributed by atoms with Gasteiger partial charge in [0.15, 0.2) is 11.6 Å². The van der Waals surface area contributed by atoms with Crippen LogP contribution in [-0.4, -0.2) is 69.0 Å². The molecule has 5 aromatic rings. The fraction of sp³-hybridized carbons (Fsp3) is 0.229. The van der Waals surface area contributed by atoms with Gasteiger partial charge in [-0.05, 0) is 60.7 Å². The molecule has 3 aromatic carbocycles. The van der Waals surface area contributed by atoms with E-state index in [1.165, 1.54) is 19.2 Å². The minimum absolute atomic E-state index is 0.129. The van der Waals surface area contributed by atoms with Crippen LogP contribution < -0.4 is 21.1 Å². The number of carbonyl (C=O) groups is 3. The van der Waals surface area contributed by atoms with Gasteiger partial charge in [0.2, 0.25) is 0 Å². The Kier molecular flexibility index (Phi) is 14.1. The van der Waals surface area contributed by atoms with Crippen molar-refractivity contribution in [1.29, 1.82) is 0 Å². The van der Waals surface area contributed by atoms with Gasteiger partial charge in [0.1, 0.15) is 23.5 Å². The zero-order valence-corrected chi connectivity index (χ0v) is 28.9. The Morgan fingerprint density at radius 2 is 1.58 bits per heavy atom. The van der Waals surface area contributed by atoms with Crippen molar-refractivity contribution >= 4 is 40.1 Å². The third-order valence-electron chi connectivity index (χ3n) is 7.35. The summed E-state index contributed by atoms with van der Waals surface area (Å²) >= 11 is 0. The lowest BCUT2D eigenvalue weighted by Crippen LogP contribution is -2.21. The van der Waals surface area contributed by atoms with Gasteiger partial charge in [-0.2, -0.15) is 26.3 Å². The number of nitrogens with zero attached hydrogens (tertiary/aromatic N) is 2. The summed E-state index contributed by atoms with van der Waals surface area (Å²) in [7, 11) is 1.43. The van der Waals surface area contributed by atoms with Crippen LogP contribution in [-0.2, 0) is 16.0 Å². The number of hydrogen-bond acceptors (Lipinski definition) is 8. The molecule has 0 aliphatic heterocycles. The number of H-pyrrole nitrogens is 1. The number of nitrogens with one attached hydrogen (secondary N) is 3. The van der Waals surface area contributed by atoms with Gasteiger partial charge in [-0.1, -0.05) is 25.1 Å². The van der Waals surface area contributed by atoms with Crippen LogP contribution in [0.2, 0.25) is 0 Å². The molecular formula is C35H32F8N6O6. The number of halogens is 8. The number of rotatable bonds is 9. The van der Waals surface area contributed by atoms with Crippen molar-refractivity contribution in [2.45, 2.75) is 38.7 Å². The van der Waals surface area contributed by atoms with Crippen LogP contribution in [0, 0.1) is 11.6 Å². The van der Waals surface area contributed by atoms with Crippen molar-refractivity contribution in [2.75, 3.05) is 24.7 Å². The van der Waals surface area contributed by atoms with Crippen LogP contribution in [0.5, 0.6) is 5.75 Å². The molecule has 20 heteroatoms. The summed E-state index contributed by atoms with van der Waals surface area (Å²) < 4.78 is 99.8. The molecule has 0 radical (unpaired) electrons. The number of alkyl halides is 6. The molecule has 2 heterocycles. The molecule has 1 unspecified atom stereocenters. The summed E-state index contributed by atoms with van der Waals surface area (Å²) in [5.41, 5.74) is 8.42. The molecule has 0 spiro atoms. The summed E-state index contributed by atoms with van der Waals surface area (Å²) in [6.07, 6.45) is -6.31. The average molecular weight is 785 g/mol. The van der Waals surface area contributed by atoms with E-state index in [2.05, 4.69) is 20.6 Å². The number of carboxylic acids is 2. The summed E-state index contributed by atoms with van der Waals surface area (Å²) in [4.78, 5) is 42.3. The van der Waals surface area contributed by atoms with Crippen LogP contribution in [0.15, 0.2) is 67.0 Å². The number of pyridine rings is 1. The number of nitrogens with two attached hydrogens (primary N) is 1. The van der Waals surface area contributed by atoms with E-state index in [9.17, 15) is 35.5 Å². The van der Waals surface area contributed by atoms with Crippen LogP contribution in [0.4, 0.5) is 46.6 Å². The van der Waals surface area contributed by atoms with E-state index in [0.717, 1.165) is 16.3 Å². The molecule has 0 bridgehead atoms. The Hall–Kier alpha value is -6.47. The van der Waals surface area contributed by atoms with Crippen LogP contribution >= 0.6 is 0 Å². The Morgan fingerprint density at radius 3 is 2.15 bits per heavy atom. The molecule has 0 fully saturated rings. The van der Waals surface area contributed by atoms with Crippen LogP contribution in [0.3, 0.4) is 0 Å². The molecule has 2 aromatic heterocycles.